The summed E-state index contributed by atoms with van der Waals surface area (Å²) in [5.74, 6) is 0. The van der Waals surface area contributed by atoms with Crippen LogP contribution in [0.25, 0.3) is 16.8 Å². The van der Waals surface area contributed by atoms with E-state index in [-0.39, 0.29) is 5.28 Å². The third kappa shape index (κ3) is 1.44. The third-order valence-electron chi connectivity index (χ3n) is 2.30. The molecule has 0 aliphatic heterocycles. The molecule has 0 saturated heterocycles. The van der Waals surface area contributed by atoms with Crippen LogP contribution in [0.3, 0.4) is 0 Å². The first-order valence-corrected chi connectivity index (χ1v) is 5.14. The molecule has 3 heterocycles. The van der Waals surface area contributed by atoms with Crippen molar-refractivity contribution in [2.75, 3.05) is 0 Å². The molecule has 3 aromatic rings. The Bertz CT molecular complexity index is 633. The van der Waals surface area contributed by atoms with Crippen molar-refractivity contribution in [1.29, 1.82) is 0 Å². The first-order valence-electron chi connectivity index (χ1n) is 4.76. The van der Waals surface area contributed by atoms with Gasteiger partial charge in [0.1, 0.15) is 5.69 Å². The largest absolute Gasteiger partial charge is 0.264 e. The summed E-state index contributed by atoms with van der Waals surface area (Å²) in [6.07, 6.45) is 5.32. The molecule has 16 heavy (non-hydrogen) atoms. The van der Waals surface area contributed by atoms with Gasteiger partial charge in [0.05, 0.1) is 5.52 Å². The molecule has 0 radical (unpaired) electrons. The Hall–Kier alpha value is -1.94. The smallest absolute Gasteiger partial charge is 0.241 e. The molecule has 0 bridgehead atoms. The van der Waals surface area contributed by atoms with Crippen LogP contribution in [0.15, 0.2) is 42.9 Å². The van der Waals surface area contributed by atoms with Crippen LogP contribution in [-0.2, 0) is 0 Å². The molecule has 0 aromatic carbocycles. The Balaban J connectivity index is 2.34. The lowest BCUT2D eigenvalue weighted by molar-refractivity contribution is 0.907. The SMILES string of the molecule is Clc1nc(-c2cccnc2)c2cccn2n1. The molecule has 0 aliphatic rings. The number of aromatic nitrogens is 4. The molecule has 3 aromatic heterocycles. The van der Waals surface area contributed by atoms with Gasteiger partial charge in [0.2, 0.25) is 5.28 Å². The number of nitrogens with zero attached hydrogens (tertiary/aromatic N) is 4. The van der Waals surface area contributed by atoms with E-state index < -0.39 is 0 Å². The minimum atomic E-state index is 0.225. The molecular weight excluding hydrogens is 224 g/mol. The van der Waals surface area contributed by atoms with Gasteiger partial charge < -0.3 is 0 Å². The Morgan fingerprint density at radius 1 is 1.19 bits per heavy atom. The van der Waals surface area contributed by atoms with Crippen LogP contribution < -0.4 is 0 Å². The summed E-state index contributed by atoms with van der Waals surface area (Å²) < 4.78 is 1.71. The van der Waals surface area contributed by atoms with Gasteiger partial charge in [-0.1, -0.05) is 0 Å². The van der Waals surface area contributed by atoms with E-state index in [0.29, 0.717) is 0 Å². The number of pyridine rings is 1. The zero-order chi connectivity index (χ0) is 11.0. The lowest BCUT2D eigenvalue weighted by atomic mass is 10.2. The van der Waals surface area contributed by atoms with Crippen molar-refractivity contribution in [1.82, 2.24) is 19.6 Å². The van der Waals surface area contributed by atoms with Crippen molar-refractivity contribution in [2.45, 2.75) is 0 Å². The Kier molecular flexibility index (Phi) is 2.08. The molecule has 0 amide bonds. The Morgan fingerprint density at radius 3 is 2.94 bits per heavy atom. The topological polar surface area (TPSA) is 43.1 Å². The average molecular weight is 231 g/mol. The molecule has 3 rings (SSSR count). The average Bonchev–Trinajstić information content (AvgIpc) is 2.77. The van der Waals surface area contributed by atoms with Gasteiger partial charge in [0, 0.05) is 24.2 Å². The van der Waals surface area contributed by atoms with Crippen molar-refractivity contribution in [3.8, 4) is 11.3 Å². The monoisotopic (exact) mass is 230 g/mol. The van der Waals surface area contributed by atoms with Crippen molar-refractivity contribution in [3.63, 3.8) is 0 Å². The summed E-state index contributed by atoms with van der Waals surface area (Å²) in [6, 6.07) is 7.66. The van der Waals surface area contributed by atoms with Crippen LogP contribution in [0.1, 0.15) is 0 Å². The molecule has 0 unspecified atom stereocenters. The molecule has 5 heteroatoms. The maximum atomic E-state index is 5.87. The number of halogens is 1. The predicted octanol–water partition coefficient (Wildman–Crippen LogP) is 2.44. The van der Waals surface area contributed by atoms with Crippen LogP contribution in [0.4, 0.5) is 0 Å². The molecule has 0 fully saturated rings. The molecule has 4 nitrogen and oxygen atoms in total. The Morgan fingerprint density at radius 2 is 2.12 bits per heavy atom. The lowest BCUT2D eigenvalue weighted by Gasteiger charge is -2.03. The van der Waals surface area contributed by atoms with E-state index in [9.17, 15) is 0 Å². The molecule has 0 N–H and O–H groups in total. The minimum absolute atomic E-state index is 0.225. The van der Waals surface area contributed by atoms with Gasteiger partial charge in [0.25, 0.3) is 0 Å². The van der Waals surface area contributed by atoms with Gasteiger partial charge in [-0.05, 0) is 35.9 Å². The summed E-state index contributed by atoms with van der Waals surface area (Å²) in [4.78, 5) is 8.31. The minimum Gasteiger partial charge on any atom is -0.264 e. The lowest BCUT2D eigenvalue weighted by Crippen LogP contribution is -1.96. The second kappa shape index (κ2) is 3.57. The van der Waals surface area contributed by atoms with Crippen LogP contribution >= 0.6 is 11.6 Å². The standard InChI is InChI=1S/C11H7ClN4/c12-11-14-10(8-3-1-5-13-7-8)9-4-2-6-16(9)15-11/h1-7H. The van der Waals surface area contributed by atoms with E-state index in [1.54, 1.807) is 16.9 Å². The van der Waals surface area contributed by atoms with E-state index in [4.69, 9.17) is 11.6 Å². The summed E-state index contributed by atoms with van der Waals surface area (Å²) in [7, 11) is 0. The molecular formula is C11H7ClN4. The highest BCUT2D eigenvalue weighted by Gasteiger charge is 2.08. The molecule has 78 valence electrons. The fraction of sp³-hybridized carbons (Fsp3) is 0. The fourth-order valence-corrected chi connectivity index (χ4v) is 1.79. The quantitative estimate of drug-likeness (QED) is 0.645. The van der Waals surface area contributed by atoms with Crippen LogP contribution in [0, 0.1) is 0 Å². The molecule has 0 spiro atoms. The van der Waals surface area contributed by atoms with Gasteiger partial charge >= 0.3 is 0 Å². The van der Waals surface area contributed by atoms with Crippen molar-refractivity contribution in [2.24, 2.45) is 0 Å². The normalized spacial score (nSPS) is 10.8. The third-order valence-corrected chi connectivity index (χ3v) is 2.46. The molecule has 0 saturated carbocycles. The Labute approximate surface area is 96.5 Å². The second-order valence-electron chi connectivity index (χ2n) is 3.31. The van der Waals surface area contributed by atoms with Gasteiger partial charge in [-0.2, -0.15) is 0 Å². The fourth-order valence-electron chi connectivity index (χ4n) is 1.62. The van der Waals surface area contributed by atoms with Crippen LogP contribution in [0.5, 0.6) is 0 Å². The van der Waals surface area contributed by atoms with E-state index in [1.165, 1.54) is 0 Å². The van der Waals surface area contributed by atoms with Crippen LogP contribution in [0.2, 0.25) is 5.28 Å². The van der Waals surface area contributed by atoms with E-state index in [0.717, 1.165) is 16.8 Å². The zero-order valence-corrected chi connectivity index (χ0v) is 8.96. The van der Waals surface area contributed by atoms with Gasteiger partial charge in [-0.15, -0.1) is 5.10 Å². The molecule has 0 aliphatic carbocycles. The highest BCUT2D eigenvalue weighted by Crippen LogP contribution is 2.22. The second-order valence-corrected chi connectivity index (χ2v) is 3.65. The van der Waals surface area contributed by atoms with E-state index in [2.05, 4.69) is 15.1 Å². The predicted molar refractivity (Wildman–Crippen MR) is 61.2 cm³/mol. The summed E-state index contributed by atoms with van der Waals surface area (Å²) >= 11 is 5.87. The summed E-state index contributed by atoms with van der Waals surface area (Å²) in [6.45, 7) is 0. The maximum Gasteiger partial charge on any atom is 0.241 e. The highest BCUT2D eigenvalue weighted by molar-refractivity contribution is 6.28. The maximum absolute atomic E-state index is 5.87. The van der Waals surface area contributed by atoms with Gasteiger partial charge in [-0.3, -0.25) is 4.98 Å². The zero-order valence-electron chi connectivity index (χ0n) is 8.21. The summed E-state index contributed by atoms with van der Waals surface area (Å²) in [5, 5.41) is 4.30. The first kappa shape index (κ1) is 9.30. The number of fused-ring (bicyclic) bond motifs is 1. The van der Waals surface area contributed by atoms with Crippen molar-refractivity contribution >= 4 is 17.1 Å². The van der Waals surface area contributed by atoms with Crippen molar-refractivity contribution in [3.05, 3.63) is 48.1 Å². The van der Waals surface area contributed by atoms with E-state index in [1.807, 2.05) is 30.5 Å². The number of hydrogen-bond donors (Lipinski definition) is 0. The number of hydrogen-bond acceptors (Lipinski definition) is 3. The van der Waals surface area contributed by atoms with Gasteiger partial charge in [-0.25, -0.2) is 9.50 Å². The van der Waals surface area contributed by atoms with Crippen LogP contribution in [-0.4, -0.2) is 19.6 Å². The van der Waals surface area contributed by atoms with Crippen molar-refractivity contribution < 1.29 is 0 Å². The van der Waals surface area contributed by atoms with Gasteiger partial charge in [0.15, 0.2) is 0 Å². The first-order chi connectivity index (χ1) is 7.84. The number of rotatable bonds is 1. The van der Waals surface area contributed by atoms with E-state index >= 15 is 0 Å². The molecule has 0 atom stereocenters. The highest BCUT2D eigenvalue weighted by atomic mass is 35.5. The summed E-state index contributed by atoms with van der Waals surface area (Å²) in [5.41, 5.74) is 2.63.